The normalized spacial score (nSPS) is 18.4. The summed E-state index contributed by atoms with van der Waals surface area (Å²) < 4.78 is 5.25. The van der Waals surface area contributed by atoms with E-state index in [4.69, 9.17) is 10.5 Å². The summed E-state index contributed by atoms with van der Waals surface area (Å²) in [4.78, 5) is 26.3. The van der Waals surface area contributed by atoms with E-state index in [1.165, 1.54) is 0 Å². The van der Waals surface area contributed by atoms with Gasteiger partial charge in [-0.05, 0) is 34.7 Å². The lowest BCUT2D eigenvalue weighted by molar-refractivity contribution is -0.124. The topological polar surface area (TPSA) is 75.9 Å². The first-order valence-corrected chi connectivity index (χ1v) is 6.11. The summed E-state index contributed by atoms with van der Waals surface area (Å²) >= 11 is 0. The van der Waals surface area contributed by atoms with Crippen molar-refractivity contribution in [2.45, 2.75) is 45.4 Å². The molecule has 0 spiro atoms. The summed E-state index contributed by atoms with van der Waals surface area (Å²) in [7, 11) is 1.84. The van der Waals surface area contributed by atoms with Crippen molar-refractivity contribution in [1.29, 1.82) is 0 Å². The fraction of sp³-hybridized carbons (Fsp3) is 0.833. The standard InChI is InChI=1S/C12H23N3O3/c1-8(10(13)16)14(5)9-6-15(7-9)11(17)18-12(2,3)4/h8-9H,6-7H2,1-5H3,(H2,13,16). The Labute approximate surface area is 108 Å². The van der Waals surface area contributed by atoms with E-state index in [2.05, 4.69) is 0 Å². The minimum Gasteiger partial charge on any atom is -0.444 e. The highest BCUT2D eigenvalue weighted by Gasteiger charge is 2.37. The van der Waals surface area contributed by atoms with Crippen molar-refractivity contribution in [2.75, 3.05) is 20.1 Å². The van der Waals surface area contributed by atoms with E-state index in [0.717, 1.165) is 0 Å². The van der Waals surface area contributed by atoms with Crippen molar-refractivity contribution < 1.29 is 14.3 Å². The Balaban J connectivity index is 2.40. The van der Waals surface area contributed by atoms with Gasteiger partial charge in [0.15, 0.2) is 0 Å². The lowest BCUT2D eigenvalue weighted by atomic mass is 10.1. The summed E-state index contributed by atoms with van der Waals surface area (Å²) in [6, 6.07) is -0.157. The molecule has 6 heteroatoms. The van der Waals surface area contributed by atoms with E-state index >= 15 is 0 Å². The zero-order chi connectivity index (χ0) is 14.1. The van der Waals surface area contributed by atoms with Gasteiger partial charge in [-0.25, -0.2) is 4.79 Å². The average molecular weight is 257 g/mol. The molecule has 1 aliphatic rings. The number of hydrogen-bond acceptors (Lipinski definition) is 4. The molecule has 1 unspecified atom stereocenters. The van der Waals surface area contributed by atoms with Crippen LogP contribution in [0.25, 0.3) is 0 Å². The molecule has 1 atom stereocenters. The van der Waals surface area contributed by atoms with Crippen molar-refractivity contribution in [3.8, 4) is 0 Å². The first kappa shape index (κ1) is 14.8. The highest BCUT2D eigenvalue weighted by Crippen LogP contribution is 2.19. The molecule has 0 aromatic heterocycles. The van der Waals surface area contributed by atoms with Gasteiger partial charge < -0.3 is 15.4 Å². The average Bonchev–Trinajstić information content (AvgIpc) is 2.10. The van der Waals surface area contributed by atoms with Crippen LogP contribution < -0.4 is 5.73 Å². The van der Waals surface area contributed by atoms with Crippen molar-refractivity contribution >= 4 is 12.0 Å². The quantitative estimate of drug-likeness (QED) is 0.794. The minimum absolute atomic E-state index is 0.167. The number of likely N-dealkylation sites (tertiary alicyclic amines) is 1. The Morgan fingerprint density at radius 1 is 1.39 bits per heavy atom. The second kappa shape index (κ2) is 5.14. The largest absolute Gasteiger partial charge is 0.444 e. The van der Waals surface area contributed by atoms with Gasteiger partial charge in [-0.15, -0.1) is 0 Å². The maximum atomic E-state index is 11.7. The second-order valence-corrected chi connectivity index (χ2v) is 5.78. The van der Waals surface area contributed by atoms with E-state index < -0.39 is 5.60 Å². The molecule has 1 saturated heterocycles. The molecule has 1 fully saturated rings. The Bertz CT molecular complexity index is 332. The van der Waals surface area contributed by atoms with E-state index in [1.807, 2.05) is 32.7 Å². The maximum Gasteiger partial charge on any atom is 0.410 e. The number of rotatable bonds is 3. The number of nitrogens with two attached hydrogens (primary N) is 1. The Morgan fingerprint density at radius 2 is 1.89 bits per heavy atom. The molecule has 1 heterocycles. The molecular weight excluding hydrogens is 234 g/mol. The smallest absolute Gasteiger partial charge is 0.410 e. The highest BCUT2D eigenvalue weighted by atomic mass is 16.6. The predicted octanol–water partition coefficient (Wildman–Crippen LogP) is 0.411. The van der Waals surface area contributed by atoms with Gasteiger partial charge in [-0.3, -0.25) is 9.69 Å². The van der Waals surface area contributed by atoms with Gasteiger partial charge in [0.25, 0.3) is 0 Å². The van der Waals surface area contributed by atoms with Crippen LogP contribution >= 0.6 is 0 Å². The van der Waals surface area contributed by atoms with Gasteiger partial charge >= 0.3 is 6.09 Å². The third kappa shape index (κ3) is 3.60. The molecule has 18 heavy (non-hydrogen) atoms. The summed E-state index contributed by atoms with van der Waals surface area (Å²) in [5, 5.41) is 0. The molecule has 0 aromatic rings. The van der Waals surface area contributed by atoms with Crippen LogP contribution in [0.15, 0.2) is 0 Å². The molecule has 2 N–H and O–H groups in total. The number of hydrogen-bond donors (Lipinski definition) is 1. The zero-order valence-corrected chi connectivity index (χ0v) is 11.8. The summed E-state index contributed by atoms with van der Waals surface area (Å²) in [5.41, 5.74) is 4.77. The lowest BCUT2D eigenvalue weighted by Gasteiger charge is -2.45. The predicted molar refractivity (Wildman–Crippen MR) is 68.0 cm³/mol. The molecule has 104 valence electrons. The molecule has 0 aromatic carbocycles. The van der Waals surface area contributed by atoms with E-state index in [0.29, 0.717) is 13.1 Å². The van der Waals surface area contributed by atoms with Crippen LogP contribution in [0.3, 0.4) is 0 Å². The molecule has 2 amide bonds. The summed E-state index contributed by atoms with van der Waals surface area (Å²) in [6.07, 6.45) is -0.307. The minimum atomic E-state index is -0.478. The van der Waals surface area contributed by atoms with Crippen LogP contribution in [-0.2, 0) is 9.53 Å². The Kier molecular flexibility index (Phi) is 4.21. The molecule has 0 saturated carbocycles. The van der Waals surface area contributed by atoms with Crippen molar-refractivity contribution in [2.24, 2.45) is 5.73 Å². The Morgan fingerprint density at radius 3 is 2.28 bits per heavy atom. The maximum absolute atomic E-state index is 11.7. The van der Waals surface area contributed by atoms with E-state index in [-0.39, 0.29) is 24.1 Å². The highest BCUT2D eigenvalue weighted by molar-refractivity contribution is 5.79. The second-order valence-electron chi connectivity index (χ2n) is 5.78. The first-order chi connectivity index (χ1) is 8.11. The number of ether oxygens (including phenoxy) is 1. The summed E-state index contributed by atoms with van der Waals surface area (Å²) in [6.45, 7) is 8.42. The van der Waals surface area contributed by atoms with Gasteiger partial charge in [-0.1, -0.05) is 0 Å². The fourth-order valence-corrected chi connectivity index (χ4v) is 1.71. The Hall–Kier alpha value is -1.30. The van der Waals surface area contributed by atoms with Crippen LogP contribution in [0.4, 0.5) is 4.79 Å². The van der Waals surface area contributed by atoms with Crippen molar-refractivity contribution in [3.05, 3.63) is 0 Å². The molecular formula is C12H23N3O3. The number of amides is 2. The number of carbonyl (C=O) groups is 2. The van der Waals surface area contributed by atoms with Gasteiger partial charge in [-0.2, -0.15) is 0 Å². The molecule has 1 rings (SSSR count). The van der Waals surface area contributed by atoms with Crippen molar-refractivity contribution in [1.82, 2.24) is 9.80 Å². The molecule has 0 radical (unpaired) electrons. The third-order valence-corrected chi connectivity index (χ3v) is 3.11. The lowest BCUT2D eigenvalue weighted by Crippen LogP contribution is -2.63. The number of carbonyl (C=O) groups excluding carboxylic acids is 2. The van der Waals surface area contributed by atoms with Gasteiger partial charge in [0.2, 0.25) is 5.91 Å². The van der Waals surface area contributed by atoms with Gasteiger partial charge in [0, 0.05) is 19.1 Å². The molecule has 0 aliphatic carbocycles. The molecule has 1 aliphatic heterocycles. The number of primary amides is 1. The van der Waals surface area contributed by atoms with Crippen LogP contribution in [0.1, 0.15) is 27.7 Å². The first-order valence-electron chi connectivity index (χ1n) is 6.11. The van der Waals surface area contributed by atoms with Crippen LogP contribution in [0.2, 0.25) is 0 Å². The van der Waals surface area contributed by atoms with Crippen LogP contribution in [0.5, 0.6) is 0 Å². The molecule has 6 nitrogen and oxygen atoms in total. The van der Waals surface area contributed by atoms with Gasteiger partial charge in [0.05, 0.1) is 6.04 Å². The van der Waals surface area contributed by atoms with Crippen molar-refractivity contribution in [3.63, 3.8) is 0 Å². The summed E-state index contributed by atoms with van der Waals surface area (Å²) in [5.74, 6) is -0.354. The van der Waals surface area contributed by atoms with Crippen LogP contribution in [0, 0.1) is 0 Å². The number of likely N-dealkylation sites (N-methyl/N-ethyl adjacent to an activating group) is 1. The third-order valence-electron chi connectivity index (χ3n) is 3.11. The van der Waals surface area contributed by atoms with E-state index in [9.17, 15) is 9.59 Å². The monoisotopic (exact) mass is 257 g/mol. The zero-order valence-electron chi connectivity index (χ0n) is 11.8. The van der Waals surface area contributed by atoms with E-state index in [1.54, 1.807) is 11.8 Å². The van der Waals surface area contributed by atoms with Crippen LogP contribution in [-0.4, -0.2) is 59.6 Å². The fourth-order valence-electron chi connectivity index (χ4n) is 1.71. The molecule has 0 bridgehead atoms. The number of nitrogens with zero attached hydrogens (tertiary/aromatic N) is 2. The SMILES string of the molecule is CC(C(N)=O)N(C)C1CN(C(=O)OC(C)(C)C)C1. The van der Waals surface area contributed by atoms with Gasteiger partial charge in [0.1, 0.15) is 5.60 Å².